The van der Waals surface area contributed by atoms with Gasteiger partial charge in [0, 0.05) is 30.9 Å². The molecule has 3 heterocycles. The Morgan fingerprint density at radius 1 is 1.42 bits per heavy atom. The molecule has 2 fully saturated rings. The Balaban J connectivity index is 1.70. The van der Waals surface area contributed by atoms with Crippen LogP contribution in [0.4, 0.5) is 0 Å². The Kier molecular flexibility index (Phi) is 3.31. The van der Waals surface area contributed by atoms with Crippen LogP contribution in [0, 0.1) is 12.8 Å². The van der Waals surface area contributed by atoms with Gasteiger partial charge in [-0.25, -0.2) is 0 Å². The molecule has 1 aromatic rings. The number of thiophene rings is 1. The van der Waals surface area contributed by atoms with Crippen LogP contribution in [0.2, 0.25) is 0 Å². The summed E-state index contributed by atoms with van der Waals surface area (Å²) < 4.78 is 0. The molecule has 0 saturated carbocycles. The zero-order valence-corrected chi connectivity index (χ0v) is 11.8. The molecule has 0 aromatic carbocycles. The van der Waals surface area contributed by atoms with Crippen LogP contribution in [-0.2, 0) is 4.79 Å². The van der Waals surface area contributed by atoms with Crippen molar-refractivity contribution in [3.05, 3.63) is 21.9 Å². The lowest BCUT2D eigenvalue weighted by molar-refractivity contribution is -0.125. The van der Waals surface area contributed by atoms with E-state index in [9.17, 15) is 9.59 Å². The fourth-order valence-corrected chi connectivity index (χ4v) is 3.87. The van der Waals surface area contributed by atoms with Crippen molar-refractivity contribution in [2.75, 3.05) is 13.1 Å². The van der Waals surface area contributed by atoms with E-state index < -0.39 is 0 Å². The van der Waals surface area contributed by atoms with Gasteiger partial charge in [-0.3, -0.25) is 9.59 Å². The standard InChI is InChI=1S/C14H18N2O2S/c1-9-7-19-8-11(9)14(18)16-5-4-12-10(6-16)2-3-13(17)15-12/h7-8,10,12H,2-6H2,1H3,(H,15,17). The number of fused-ring (bicyclic) bond motifs is 1. The van der Waals surface area contributed by atoms with Crippen LogP contribution in [0.1, 0.15) is 35.2 Å². The number of hydrogen-bond donors (Lipinski definition) is 1. The van der Waals surface area contributed by atoms with E-state index in [2.05, 4.69) is 5.32 Å². The van der Waals surface area contributed by atoms with E-state index in [-0.39, 0.29) is 17.9 Å². The molecule has 2 aliphatic rings. The lowest BCUT2D eigenvalue weighted by Gasteiger charge is -2.41. The minimum Gasteiger partial charge on any atom is -0.353 e. The summed E-state index contributed by atoms with van der Waals surface area (Å²) in [6.07, 6.45) is 2.38. The summed E-state index contributed by atoms with van der Waals surface area (Å²) in [6.45, 7) is 3.51. The average molecular weight is 278 g/mol. The van der Waals surface area contributed by atoms with Gasteiger partial charge in [0.2, 0.25) is 5.91 Å². The topological polar surface area (TPSA) is 49.4 Å². The Hall–Kier alpha value is -1.36. The Labute approximate surface area is 116 Å². The number of nitrogens with zero attached hydrogens (tertiary/aromatic N) is 1. The fourth-order valence-electron chi connectivity index (χ4n) is 3.04. The molecule has 1 aromatic heterocycles. The van der Waals surface area contributed by atoms with E-state index in [1.807, 2.05) is 22.6 Å². The highest BCUT2D eigenvalue weighted by Crippen LogP contribution is 2.27. The summed E-state index contributed by atoms with van der Waals surface area (Å²) in [5, 5.41) is 7.00. The third-order valence-electron chi connectivity index (χ3n) is 4.20. The van der Waals surface area contributed by atoms with E-state index in [1.54, 1.807) is 11.3 Å². The van der Waals surface area contributed by atoms with Crippen LogP contribution in [-0.4, -0.2) is 35.8 Å². The summed E-state index contributed by atoms with van der Waals surface area (Å²) in [7, 11) is 0. The smallest absolute Gasteiger partial charge is 0.254 e. The molecule has 0 radical (unpaired) electrons. The summed E-state index contributed by atoms with van der Waals surface area (Å²) >= 11 is 1.58. The number of nitrogens with one attached hydrogen (secondary N) is 1. The number of hydrogen-bond acceptors (Lipinski definition) is 3. The molecule has 3 rings (SSSR count). The maximum Gasteiger partial charge on any atom is 0.254 e. The first-order chi connectivity index (χ1) is 9.15. The molecule has 2 aliphatic heterocycles. The van der Waals surface area contributed by atoms with Gasteiger partial charge in [-0.1, -0.05) is 0 Å². The molecule has 2 saturated heterocycles. The maximum absolute atomic E-state index is 12.5. The van der Waals surface area contributed by atoms with Crippen molar-refractivity contribution >= 4 is 23.2 Å². The van der Waals surface area contributed by atoms with E-state index >= 15 is 0 Å². The second-order valence-electron chi connectivity index (χ2n) is 5.48. The highest BCUT2D eigenvalue weighted by atomic mass is 32.1. The van der Waals surface area contributed by atoms with Gasteiger partial charge in [0.25, 0.3) is 5.91 Å². The Morgan fingerprint density at radius 3 is 3.00 bits per heavy atom. The van der Waals surface area contributed by atoms with Crippen LogP contribution in [0.3, 0.4) is 0 Å². The molecule has 19 heavy (non-hydrogen) atoms. The van der Waals surface area contributed by atoms with Gasteiger partial charge in [-0.05, 0) is 36.6 Å². The van der Waals surface area contributed by atoms with E-state index in [1.165, 1.54) is 0 Å². The molecule has 1 N–H and O–H groups in total. The number of likely N-dealkylation sites (tertiary alicyclic amines) is 1. The van der Waals surface area contributed by atoms with Crippen LogP contribution < -0.4 is 5.32 Å². The number of aryl methyl sites for hydroxylation is 1. The van der Waals surface area contributed by atoms with Crippen molar-refractivity contribution in [1.29, 1.82) is 0 Å². The number of rotatable bonds is 1. The van der Waals surface area contributed by atoms with Gasteiger partial charge >= 0.3 is 0 Å². The lowest BCUT2D eigenvalue weighted by Crippen LogP contribution is -2.55. The molecular weight excluding hydrogens is 260 g/mol. The summed E-state index contributed by atoms with van der Waals surface area (Å²) in [5.41, 5.74) is 1.90. The van der Waals surface area contributed by atoms with Crippen molar-refractivity contribution in [2.24, 2.45) is 5.92 Å². The quantitative estimate of drug-likeness (QED) is 0.851. The summed E-state index contributed by atoms with van der Waals surface area (Å²) in [5.74, 6) is 0.734. The predicted octanol–water partition coefficient (Wildman–Crippen LogP) is 1.80. The molecule has 102 valence electrons. The summed E-state index contributed by atoms with van der Waals surface area (Å²) in [4.78, 5) is 25.8. The SMILES string of the molecule is Cc1cscc1C(=O)N1CCC2NC(=O)CCC2C1. The molecule has 0 spiro atoms. The zero-order valence-electron chi connectivity index (χ0n) is 11.0. The normalized spacial score (nSPS) is 26.8. The van der Waals surface area contributed by atoms with Gasteiger partial charge in [0.05, 0.1) is 5.56 Å². The zero-order chi connectivity index (χ0) is 13.4. The average Bonchev–Trinajstić information content (AvgIpc) is 2.83. The van der Waals surface area contributed by atoms with Crippen molar-refractivity contribution in [1.82, 2.24) is 10.2 Å². The van der Waals surface area contributed by atoms with Crippen LogP contribution in [0.15, 0.2) is 10.8 Å². The molecule has 0 bridgehead atoms. The highest BCUT2D eigenvalue weighted by Gasteiger charge is 2.35. The van der Waals surface area contributed by atoms with Crippen molar-refractivity contribution in [2.45, 2.75) is 32.2 Å². The van der Waals surface area contributed by atoms with Gasteiger partial charge < -0.3 is 10.2 Å². The van der Waals surface area contributed by atoms with Gasteiger partial charge in [0.1, 0.15) is 0 Å². The van der Waals surface area contributed by atoms with Crippen molar-refractivity contribution in [3.8, 4) is 0 Å². The first kappa shape index (κ1) is 12.7. The molecule has 0 aliphatic carbocycles. The van der Waals surface area contributed by atoms with Gasteiger partial charge in [-0.15, -0.1) is 0 Å². The second kappa shape index (κ2) is 4.96. The predicted molar refractivity (Wildman–Crippen MR) is 74.2 cm³/mol. The van der Waals surface area contributed by atoms with Crippen LogP contribution >= 0.6 is 11.3 Å². The van der Waals surface area contributed by atoms with Crippen LogP contribution in [0.25, 0.3) is 0 Å². The van der Waals surface area contributed by atoms with E-state index in [0.717, 1.165) is 37.1 Å². The fraction of sp³-hybridized carbons (Fsp3) is 0.571. The third-order valence-corrected chi connectivity index (χ3v) is 5.06. The van der Waals surface area contributed by atoms with Crippen molar-refractivity contribution in [3.63, 3.8) is 0 Å². The first-order valence-electron chi connectivity index (χ1n) is 6.76. The maximum atomic E-state index is 12.5. The second-order valence-corrected chi connectivity index (χ2v) is 6.22. The molecular formula is C14H18N2O2S. The largest absolute Gasteiger partial charge is 0.353 e. The third kappa shape index (κ3) is 2.39. The molecule has 2 atom stereocenters. The number of piperidine rings is 2. The minimum atomic E-state index is 0.147. The molecule has 5 heteroatoms. The molecule has 2 unspecified atom stereocenters. The van der Waals surface area contributed by atoms with Crippen LogP contribution in [0.5, 0.6) is 0 Å². The Morgan fingerprint density at radius 2 is 2.26 bits per heavy atom. The number of carbonyl (C=O) groups is 2. The van der Waals surface area contributed by atoms with E-state index in [0.29, 0.717) is 12.3 Å². The van der Waals surface area contributed by atoms with Gasteiger partial charge in [0.15, 0.2) is 0 Å². The monoisotopic (exact) mass is 278 g/mol. The molecule has 2 amide bonds. The summed E-state index contributed by atoms with van der Waals surface area (Å²) in [6, 6.07) is 0.272. The number of carbonyl (C=O) groups excluding carboxylic acids is 2. The van der Waals surface area contributed by atoms with Crippen molar-refractivity contribution < 1.29 is 9.59 Å². The lowest BCUT2D eigenvalue weighted by atomic mass is 9.85. The minimum absolute atomic E-state index is 0.147. The highest BCUT2D eigenvalue weighted by molar-refractivity contribution is 7.08. The van der Waals surface area contributed by atoms with E-state index in [4.69, 9.17) is 0 Å². The Bertz CT molecular complexity index is 511. The first-order valence-corrected chi connectivity index (χ1v) is 7.71. The molecule has 4 nitrogen and oxygen atoms in total. The van der Waals surface area contributed by atoms with Gasteiger partial charge in [-0.2, -0.15) is 11.3 Å². The number of amides is 2.